The lowest BCUT2D eigenvalue weighted by Crippen LogP contribution is -2.28. The minimum atomic E-state index is 0.650. The van der Waals surface area contributed by atoms with Gasteiger partial charge in [0, 0.05) is 26.6 Å². The molecule has 0 aliphatic carbocycles. The van der Waals surface area contributed by atoms with Gasteiger partial charge in [0.15, 0.2) is 0 Å². The molecular weight excluding hydrogens is 168 g/mol. The molecule has 1 saturated heterocycles. The first kappa shape index (κ1) is 10.5. The number of ether oxygens (including phenoxy) is 2. The second kappa shape index (κ2) is 5.94. The van der Waals surface area contributed by atoms with Gasteiger partial charge >= 0.3 is 0 Å². The van der Waals surface area contributed by atoms with Crippen molar-refractivity contribution in [3.05, 3.63) is 0 Å². The average Bonchev–Trinajstić information content (AvgIpc) is 2.52. The van der Waals surface area contributed by atoms with Crippen molar-refractivity contribution in [2.45, 2.75) is 12.8 Å². The molecule has 0 bridgehead atoms. The molecular formula is C9H18N2O2. The Labute approximate surface area is 79.3 Å². The third kappa shape index (κ3) is 3.74. The number of methoxy groups -OCH3 is 1. The van der Waals surface area contributed by atoms with Crippen LogP contribution in [0.5, 0.6) is 0 Å². The van der Waals surface area contributed by atoms with Crippen LogP contribution in [0.2, 0.25) is 0 Å². The molecule has 4 nitrogen and oxygen atoms in total. The van der Waals surface area contributed by atoms with Crippen molar-refractivity contribution >= 4 is 5.84 Å². The van der Waals surface area contributed by atoms with Crippen LogP contribution >= 0.6 is 0 Å². The fraction of sp³-hybridized carbons (Fsp3) is 0.889. The van der Waals surface area contributed by atoms with E-state index in [1.54, 1.807) is 7.11 Å². The molecule has 0 amide bonds. The summed E-state index contributed by atoms with van der Waals surface area (Å²) in [7, 11) is 1.67. The van der Waals surface area contributed by atoms with Crippen LogP contribution in [-0.4, -0.2) is 50.8 Å². The summed E-state index contributed by atoms with van der Waals surface area (Å²) >= 11 is 0. The summed E-state index contributed by atoms with van der Waals surface area (Å²) in [6.45, 7) is 3.87. The molecule has 1 aliphatic rings. The molecule has 1 heterocycles. The molecule has 1 rings (SSSR count). The molecule has 0 saturated carbocycles. The van der Waals surface area contributed by atoms with Crippen LogP contribution in [0.4, 0.5) is 0 Å². The van der Waals surface area contributed by atoms with E-state index in [-0.39, 0.29) is 0 Å². The molecule has 1 fully saturated rings. The molecule has 4 heteroatoms. The molecule has 0 aromatic carbocycles. The van der Waals surface area contributed by atoms with E-state index >= 15 is 0 Å². The van der Waals surface area contributed by atoms with Crippen LogP contribution in [0.1, 0.15) is 12.8 Å². The summed E-state index contributed by atoms with van der Waals surface area (Å²) in [5.74, 6) is 0.760. The molecule has 0 aromatic rings. The van der Waals surface area contributed by atoms with Crippen molar-refractivity contribution in [3.8, 4) is 0 Å². The summed E-state index contributed by atoms with van der Waals surface area (Å²) < 4.78 is 10.2. The fourth-order valence-electron chi connectivity index (χ4n) is 1.40. The van der Waals surface area contributed by atoms with E-state index in [0.29, 0.717) is 19.8 Å². The fourth-order valence-corrected chi connectivity index (χ4v) is 1.40. The highest BCUT2D eigenvalue weighted by molar-refractivity contribution is 5.80. The maximum atomic E-state index is 7.57. The minimum absolute atomic E-state index is 0.650. The lowest BCUT2D eigenvalue weighted by atomic mass is 10.4. The van der Waals surface area contributed by atoms with Gasteiger partial charge < -0.3 is 14.4 Å². The Morgan fingerprint density at radius 3 is 2.85 bits per heavy atom. The number of amidine groups is 1. The average molecular weight is 186 g/mol. The predicted octanol–water partition coefficient (Wildman–Crippen LogP) is 0.722. The number of nitrogens with one attached hydrogen (secondary N) is 1. The quantitative estimate of drug-likeness (QED) is 0.622. The van der Waals surface area contributed by atoms with Gasteiger partial charge in [-0.15, -0.1) is 0 Å². The molecule has 0 unspecified atom stereocenters. The first-order valence-electron chi connectivity index (χ1n) is 4.73. The molecule has 0 aromatic heterocycles. The van der Waals surface area contributed by atoms with E-state index in [1.165, 1.54) is 0 Å². The van der Waals surface area contributed by atoms with Gasteiger partial charge in [-0.2, -0.15) is 0 Å². The molecule has 76 valence electrons. The molecule has 13 heavy (non-hydrogen) atoms. The van der Waals surface area contributed by atoms with Crippen molar-refractivity contribution in [2.75, 3.05) is 40.0 Å². The highest BCUT2D eigenvalue weighted by Gasteiger charge is 2.15. The molecule has 1 N–H and O–H groups in total. The first-order chi connectivity index (χ1) is 6.34. The van der Waals surface area contributed by atoms with Crippen molar-refractivity contribution in [3.63, 3.8) is 0 Å². The summed E-state index contributed by atoms with van der Waals surface area (Å²) in [6.07, 6.45) is 2.05. The Balaban J connectivity index is 1.96. The molecule has 0 radical (unpaired) electrons. The molecule has 0 atom stereocenters. The smallest absolute Gasteiger partial charge is 0.0959 e. The van der Waals surface area contributed by atoms with E-state index in [1.807, 2.05) is 0 Å². The van der Waals surface area contributed by atoms with Gasteiger partial charge in [-0.25, -0.2) is 0 Å². The highest BCUT2D eigenvalue weighted by Crippen LogP contribution is 2.08. The maximum Gasteiger partial charge on any atom is 0.0959 e. The Morgan fingerprint density at radius 1 is 1.38 bits per heavy atom. The van der Waals surface area contributed by atoms with Crippen LogP contribution in [0, 0.1) is 5.41 Å². The Kier molecular flexibility index (Phi) is 4.78. The van der Waals surface area contributed by atoms with Gasteiger partial charge in [-0.3, -0.25) is 5.41 Å². The predicted molar refractivity (Wildman–Crippen MR) is 51.2 cm³/mol. The Hall–Kier alpha value is -0.610. The van der Waals surface area contributed by atoms with Gasteiger partial charge in [-0.1, -0.05) is 0 Å². The van der Waals surface area contributed by atoms with Crippen LogP contribution in [0.15, 0.2) is 0 Å². The maximum absolute atomic E-state index is 7.57. The SMILES string of the molecule is COCCOCCN1CCCC1=N. The second-order valence-electron chi connectivity index (χ2n) is 3.14. The number of nitrogens with zero attached hydrogens (tertiary/aromatic N) is 1. The monoisotopic (exact) mass is 186 g/mol. The first-order valence-corrected chi connectivity index (χ1v) is 4.73. The zero-order valence-electron chi connectivity index (χ0n) is 8.21. The molecule has 1 aliphatic heterocycles. The third-order valence-electron chi connectivity index (χ3n) is 2.16. The van der Waals surface area contributed by atoms with Crippen molar-refractivity contribution in [1.29, 1.82) is 5.41 Å². The third-order valence-corrected chi connectivity index (χ3v) is 2.16. The van der Waals surface area contributed by atoms with E-state index < -0.39 is 0 Å². The standard InChI is InChI=1S/C9H18N2O2/c1-12-7-8-13-6-5-11-4-2-3-9(11)10/h10H,2-8H2,1H3. The van der Waals surface area contributed by atoms with Crippen LogP contribution in [0.25, 0.3) is 0 Å². The zero-order valence-corrected chi connectivity index (χ0v) is 8.21. The van der Waals surface area contributed by atoms with Gasteiger partial charge in [0.2, 0.25) is 0 Å². The number of hydrogen-bond acceptors (Lipinski definition) is 3. The zero-order chi connectivity index (χ0) is 9.52. The van der Waals surface area contributed by atoms with Crippen molar-refractivity contribution < 1.29 is 9.47 Å². The van der Waals surface area contributed by atoms with E-state index in [0.717, 1.165) is 31.8 Å². The van der Waals surface area contributed by atoms with Gasteiger partial charge in [0.05, 0.1) is 25.7 Å². The number of rotatable bonds is 6. The van der Waals surface area contributed by atoms with Crippen molar-refractivity contribution in [2.24, 2.45) is 0 Å². The van der Waals surface area contributed by atoms with Crippen LogP contribution in [-0.2, 0) is 9.47 Å². The minimum Gasteiger partial charge on any atom is -0.382 e. The summed E-state index contributed by atoms with van der Waals surface area (Å²) in [4.78, 5) is 2.08. The van der Waals surface area contributed by atoms with E-state index in [4.69, 9.17) is 14.9 Å². The normalized spacial score (nSPS) is 17.0. The van der Waals surface area contributed by atoms with Gasteiger partial charge in [-0.05, 0) is 6.42 Å². The molecule has 0 spiro atoms. The number of likely N-dealkylation sites (tertiary alicyclic amines) is 1. The van der Waals surface area contributed by atoms with Crippen LogP contribution in [0.3, 0.4) is 0 Å². The highest BCUT2D eigenvalue weighted by atomic mass is 16.5. The summed E-state index contributed by atoms with van der Waals surface area (Å²) in [5.41, 5.74) is 0. The lowest BCUT2D eigenvalue weighted by Gasteiger charge is -2.17. The Morgan fingerprint density at radius 2 is 2.23 bits per heavy atom. The van der Waals surface area contributed by atoms with Gasteiger partial charge in [0.25, 0.3) is 0 Å². The van der Waals surface area contributed by atoms with Gasteiger partial charge in [0.1, 0.15) is 0 Å². The summed E-state index contributed by atoms with van der Waals surface area (Å²) in [6, 6.07) is 0. The van der Waals surface area contributed by atoms with Crippen LogP contribution < -0.4 is 0 Å². The van der Waals surface area contributed by atoms with E-state index in [9.17, 15) is 0 Å². The Bertz CT molecular complexity index is 162. The largest absolute Gasteiger partial charge is 0.382 e. The van der Waals surface area contributed by atoms with E-state index in [2.05, 4.69) is 4.90 Å². The number of hydrogen-bond donors (Lipinski definition) is 1. The topological polar surface area (TPSA) is 45.6 Å². The second-order valence-corrected chi connectivity index (χ2v) is 3.14. The summed E-state index contributed by atoms with van der Waals surface area (Å²) in [5, 5.41) is 7.57. The van der Waals surface area contributed by atoms with Crippen molar-refractivity contribution in [1.82, 2.24) is 4.90 Å². The lowest BCUT2D eigenvalue weighted by molar-refractivity contribution is 0.0655.